The fraction of sp³-hybridized carbons (Fsp3) is 0.400. The first-order valence-electron chi connectivity index (χ1n) is 6.95. The maximum Gasteiger partial charge on any atom is 0.414 e. The molecular weight excluding hydrogens is 286 g/mol. The Kier molecular flexibility index (Phi) is 4.35. The molecule has 2 aromatic rings. The van der Waals surface area contributed by atoms with Crippen LogP contribution in [0, 0.1) is 0 Å². The summed E-state index contributed by atoms with van der Waals surface area (Å²) in [4.78, 5) is 30.5. The number of amides is 1. The molecule has 2 rings (SSSR count). The topological polar surface area (TPSA) is 93.3 Å². The molecule has 0 radical (unpaired) electrons. The molecule has 7 heteroatoms. The maximum atomic E-state index is 11.7. The van der Waals surface area contributed by atoms with Crippen molar-refractivity contribution in [2.24, 2.45) is 0 Å². The molecule has 1 amide bonds. The second-order valence-corrected chi connectivity index (χ2v) is 5.66. The minimum atomic E-state index is -0.600. The minimum Gasteiger partial charge on any atom is -0.462 e. The Morgan fingerprint density at radius 3 is 2.68 bits per heavy atom. The average molecular weight is 305 g/mol. The molecule has 0 bridgehead atoms. The molecule has 0 saturated heterocycles. The molecule has 0 saturated carbocycles. The van der Waals surface area contributed by atoms with Crippen LogP contribution in [0.15, 0.2) is 18.2 Å². The Morgan fingerprint density at radius 1 is 1.32 bits per heavy atom. The van der Waals surface area contributed by atoms with E-state index in [0.29, 0.717) is 23.2 Å². The molecule has 0 unspecified atom stereocenters. The summed E-state index contributed by atoms with van der Waals surface area (Å²) in [7, 11) is 0. The van der Waals surface area contributed by atoms with Crippen molar-refractivity contribution in [3.8, 4) is 0 Å². The molecule has 0 aliphatic rings. The highest BCUT2D eigenvalue weighted by atomic mass is 16.6. The molecule has 0 aliphatic carbocycles. The zero-order valence-electron chi connectivity index (χ0n) is 13.0. The van der Waals surface area contributed by atoms with E-state index in [-0.39, 0.29) is 5.95 Å². The number of hydrogen-bond acceptors (Lipinski definition) is 5. The number of nitrogens with one attached hydrogen (secondary N) is 2. The van der Waals surface area contributed by atoms with Crippen molar-refractivity contribution in [1.29, 1.82) is 0 Å². The SMILES string of the molecule is CCOC(=O)c1ccc2nc(NC(=O)OC(C)(C)C)[nH]c2c1. The van der Waals surface area contributed by atoms with Crippen molar-refractivity contribution in [3.63, 3.8) is 0 Å². The third-order valence-corrected chi connectivity index (χ3v) is 2.61. The molecule has 0 spiro atoms. The van der Waals surface area contributed by atoms with Gasteiger partial charge < -0.3 is 14.5 Å². The van der Waals surface area contributed by atoms with Gasteiger partial charge in [0.05, 0.1) is 23.2 Å². The number of esters is 1. The number of anilines is 1. The molecule has 1 aromatic carbocycles. The quantitative estimate of drug-likeness (QED) is 0.850. The first-order valence-corrected chi connectivity index (χ1v) is 6.95. The number of aromatic amines is 1. The van der Waals surface area contributed by atoms with E-state index in [4.69, 9.17) is 9.47 Å². The summed E-state index contributed by atoms with van der Waals surface area (Å²) < 4.78 is 10.1. The number of ether oxygens (including phenoxy) is 2. The minimum absolute atomic E-state index is 0.255. The van der Waals surface area contributed by atoms with Crippen molar-refractivity contribution in [2.45, 2.75) is 33.3 Å². The monoisotopic (exact) mass is 305 g/mol. The number of imidazole rings is 1. The number of fused-ring (bicyclic) bond motifs is 1. The van der Waals surface area contributed by atoms with E-state index in [1.165, 1.54) is 0 Å². The summed E-state index contributed by atoms with van der Waals surface area (Å²) >= 11 is 0. The van der Waals surface area contributed by atoms with Gasteiger partial charge in [-0.05, 0) is 45.9 Å². The van der Waals surface area contributed by atoms with Gasteiger partial charge in [-0.2, -0.15) is 0 Å². The highest BCUT2D eigenvalue weighted by Gasteiger charge is 2.17. The van der Waals surface area contributed by atoms with Crippen molar-refractivity contribution in [1.82, 2.24) is 9.97 Å². The lowest BCUT2D eigenvalue weighted by atomic mass is 10.2. The maximum absolute atomic E-state index is 11.7. The molecular formula is C15H19N3O4. The van der Waals surface area contributed by atoms with E-state index in [0.717, 1.165) is 0 Å². The van der Waals surface area contributed by atoms with Crippen LogP contribution in [0.3, 0.4) is 0 Å². The summed E-state index contributed by atoms with van der Waals surface area (Å²) in [5, 5.41) is 2.52. The van der Waals surface area contributed by atoms with Crippen LogP contribution in [0.1, 0.15) is 38.1 Å². The van der Waals surface area contributed by atoms with Crippen molar-refractivity contribution >= 4 is 29.0 Å². The highest BCUT2D eigenvalue weighted by molar-refractivity contribution is 5.94. The predicted molar refractivity (Wildman–Crippen MR) is 81.9 cm³/mol. The summed E-state index contributed by atoms with van der Waals surface area (Å²) in [6, 6.07) is 4.93. The Hall–Kier alpha value is -2.57. The summed E-state index contributed by atoms with van der Waals surface area (Å²) in [5.41, 5.74) is 1.07. The number of carbonyl (C=O) groups excluding carboxylic acids is 2. The standard InChI is InChI=1S/C15H19N3O4/c1-5-21-12(19)9-6-7-10-11(8-9)17-13(16-10)18-14(20)22-15(2,3)4/h6-8H,5H2,1-4H3,(H2,16,17,18,20). The van der Waals surface area contributed by atoms with Gasteiger partial charge in [0.1, 0.15) is 5.60 Å². The van der Waals surface area contributed by atoms with Crippen LogP contribution in [0.25, 0.3) is 11.0 Å². The van der Waals surface area contributed by atoms with Crippen LogP contribution < -0.4 is 5.32 Å². The van der Waals surface area contributed by atoms with Crippen LogP contribution in [0.5, 0.6) is 0 Å². The van der Waals surface area contributed by atoms with Gasteiger partial charge in [0.25, 0.3) is 0 Å². The van der Waals surface area contributed by atoms with E-state index >= 15 is 0 Å². The fourth-order valence-corrected chi connectivity index (χ4v) is 1.81. The Labute approximate surface area is 128 Å². The van der Waals surface area contributed by atoms with Crippen molar-refractivity contribution in [2.75, 3.05) is 11.9 Å². The smallest absolute Gasteiger partial charge is 0.414 e. The molecule has 118 valence electrons. The van der Waals surface area contributed by atoms with Crippen molar-refractivity contribution < 1.29 is 19.1 Å². The summed E-state index contributed by atoms with van der Waals surface area (Å²) in [6.07, 6.45) is -0.600. The second kappa shape index (κ2) is 6.05. The van der Waals surface area contributed by atoms with Gasteiger partial charge in [0.15, 0.2) is 0 Å². The molecule has 7 nitrogen and oxygen atoms in total. The number of hydrogen-bond donors (Lipinski definition) is 2. The second-order valence-electron chi connectivity index (χ2n) is 5.66. The molecule has 22 heavy (non-hydrogen) atoms. The van der Waals surface area contributed by atoms with Gasteiger partial charge in [0.2, 0.25) is 5.95 Å². The molecule has 2 N–H and O–H groups in total. The van der Waals surface area contributed by atoms with Crippen molar-refractivity contribution in [3.05, 3.63) is 23.8 Å². The lowest BCUT2D eigenvalue weighted by Gasteiger charge is -2.18. The van der Waals surface area contributed by atoms with Gasteiger partial charge in [-0.25, -0.2) is 14.6 Å². The number of rotatable bonds is 3. The highest BCUT2D eigenvalue weighted by Crippen LogP contribution is 2.17. The number of carbonyl (C=O) groups is 2. The fourth-order valence-electron chi connectivity index (χ4n) is 1.81. The van der Waals surface area contributed by atoms with Gasteiger partial charge in [0, 0.05) is 0 Å². The Bertz CT molecular complexity index is 700. The zero-order chi connectivity index (χ0) is 16.3. The van der Waals surface area contributed by atoms with Crippen LogP contribution in [0.2, 0.25) is 0 Å². The predicted octanol–water partition coefficient (Wildman–Crippen LogP) is 3.09. The molecule has 1 aromatic heterocycles. The Balaban J connectivity index is 2.17. The van der Waals surface area contributed by atoms with Gasteiger partial charge in [-0.3, -0.25) is 5.32 Å². The average Bonchev–Trinajstić information content (AvgIpc) is 2.77. The van der Waals surface area contributed by atoms with E-state index in [1.54, 1.807) is 45.9 Å². The first kappa shape index (κ1) is 15.8. The number of benzene rings is 1. The van der Waals surface area contributed by atoms with E-state index < -0.39 is 17.7 Å². The van der Waals surface area contributed by atoms with E-state index in [9.17, 15) is 9.59 Å². The third kappa shape index (κ3) is 3.97. The van der Waals surface area contributed by atoms with E-state index in [2.05, 4.69) is 15.3 Å². The van der Waals surface area contributed by atoms with Crippen LogP contribution in [-0.4, -0.2) is 34.2 Å². The summed E-state index contributed by atoms with van der Waals surface area (Å²) in [5.74, 6) is -0.147. The third-order valence-electron chi connectivity index (χ3n) is 2.61. The largest absolute Gasteiger partial charge is 0.462 e. The molecule has 0 aliphatic heterocycles. The molecule has 0 fully saturated rings. The van der Waals surface area contributed by atoms with Gasteiger partial charge in [-0.15, -0.1) is 0 Å². The van der Waals surface area contributed by atoms with E-state index in [1.807, 2.05) is 0 Å². The molecule has 1 heterocycles. The van der Waals surface area contributed by atoms with Crippen LogP contribution in [0.4, 0.5) is 10.7 Å². The summed E-state index contributed by atoms with van der Waals surface area (Å²) in [6.45, 7) is 7.38. The Morgan fingerprint density at radius 2 is 2.05 bits per heavy atom. The van der Waals surface area contributed by atoms with Gasteiger partial charge >= 0.3 is 12.1 Å². The lowest BCUT2D eigenvalue weighted by molar-refractivity contribution is 0.0525. The van der Waals surface area contributed by atoms with Crippen LogP contribution in [-0.2, 0) is 9.47 Å². The zero-order valence-corrected chi connectivity index (χ0v) is 13.0. The van der Waals surface area contributed by atoms with Gasteiger partial charge in [-0.1, -0.05) is 0 Å². The normalized spacial score (nSPS) is 11.3. The molecule has 0 atom stereocenters. The lowest BCUT2D eigenvalue weighted by Crippen LogP contribution is -2.27. The number of nitrogens with zero attached hydrogens (tertiary/aromatic N) is 1. The first-order chi connectivity index (χ1) is 10.3. The number of H-pyrrole nitrogens is 1. The number of aromatic nitrogens is 2. The van der Waals surface area contributed by atoms with Crippen LogP contribution >= 0.6 is 0 Å².